The van der Waals surface area contributed by atoms with Gasteiger partial charge >= 0.3 is 13.1 Å². The van der Waals surface area contributed by atoms with Gasteiger partial charge in [0.1, 0.15) is 11.6 Å². The molecule has 0 N–H and O–H groups in total. The van der Waals surface area contributed by atoms with Crippen LogP contribution in [0.5, 0.6) is 0 Å². The van der Waals surface area contributed by atoms with E-state index in [0.717, 1.165) is 48.8 Å². The van der Waals surface area contributed by atoms with Crippen LogP contribution in [-0.2, 0) is 18.8 Å². The number of hydrogen-bond donors (Lipinski definition) is 0. The van der Waals surface area contributed by atoms with Crippen LogP contribution in [-0.4, -0.2) is 41.6 Å². The Bertz CT molecular complexity index is 971. The molecule has 1 heterocycles. The van der Waals surface area contributed by atoms with E-state index in [2.05, 4.69) is 27.7 Å². The fourth-order valence-electron chi connectivity index (χ4n) is 4.35. The zero-order valence-electron chi connectivity index (χ0n) is 23.8. The number of carbonyl (C=O) groups is 1. The Morgan fingerprint density at radius 2 is 1.32 bits per heavy atom. The lowest BCUT2D eigenvalue weighted by atomic mass is 9.82. The van der Waals surface area contributed by atoms with Gasteiger partial charge in [-0.2, -0.15) is 0 Å². The number of esters is 1. The van der Waals surface area contributed by atoms with Crippen LogP contribution in [0.15, 0.2) is 65.7 Å². The molecule has 5 nitrogen and oxygen atoms in total. The SMILES string of the molecule is CC(C)(C)OC(=O)C(CCCCCCB1OC(C)(C)C(C)(C)O1)N=C(c1ccccc1)c1ccccc1. The predicted octanol–water partition coefficient (Wildman–Crippen LogP) is 7.28. The minimum atomic E-state index is -0.562. The first-order chi connectivity index (χ1) is 17.4. The molecule has 0 bridgehead atoms. The maximum Gasteiger partial charge on any atom is 0.457 e. The molecule has 3 rings (SSSR count). The van der Waals surface area contributed by atoms with Crippen molar-refractivity contribution in [1.29, 1.82) is 0 Å². The molecular weight excluding hydrogens is 461 g/mol. The summed E-state index contributed by atoms with van der Waals surface area (Å²) in [4.78, 5) is 18.2. The Hall–Kier alpha value is -2.44. The monoisotopic (exact) mass is 505 g/mol. The van der Waals surface area contributed by atoms with E-state index in [1.807, 2.05) is 81.4 Å². The first kappa shape index (κ1) is 29.1. The van der Waals surface area contributed by atoms with Crippen molar-refractivity contribution in [2.75, 3.05) is 0 Å². The van der Waals surface area contributed by atoms with E-state index in [1.165, 1.54) is 0 Å². The molecule has 1 saturated heterocycles. The van der Waals surface area contributed by atoms with E-state index in [0.29, 0.717) is 6.42 Å². The Labute approximate surface area is 224 Å². The lowest BCUT2D eigenvalue weighted by molar-refractivity contribution is -0.156. The quantitative estimate of drug-likeness (QED) is 0.139. The topological polar surface area (TPSA) is 57.1 Å². The van der Waals surface area contributed by atoms with Gasteiger partial charge in [0.15, 0.2) is 0 Å². The Balaban J connectivity index is 1.65. The zero-order chi connectivity index (χ0) is 27.1. The van der Waals surface area contributed by atoms with Crippen LogP contribution in [0.1, 0.15) is 91.7 Å². The number of hydrogen-bond acceptors (Lipinski definition) is 5. The van der Waals surface area contributed by atoms with Crippen LogP contribution in [0.3, 0.4) is 0 Å². The summed E-state index contributed by atoms with van der Waals surface area (Å²) in [6, 6.07) is 19.5. The van der Waals surface area contributed by atoms with Crippen LogP contribution in [0.25, 0.3) is 0 Å². The van der Waals surface area contributed by atoms with Gasteiger partial charge in [0.2, 0.25) is 0 Å². The van der Waals surface area contributed by atoms with E-state index in [9.17, 15) is 4.79 Å². The summed E-state index contributed by atoms with van der Waals surface area (Å²) < 4.78 is 18.0. The highest BCUT2D eigenvalue weighted by molar-refractivity contribution is 6.45. The molecule has 0 amide bonds. The number of benzene rings is 2. The standard InChI is InChI=1S/C31H44BNO4/c1-29(2,3)35-28(34)26(22-16-8-9-17-23-32-36-30(4,5)31(6,7)37-32)33-27(24-18-12-10-13-19-24)25-20-14-11-15-21-25/h10-15,18-21,26H,8-9,16-17,22-23H2,1-7H3. The van der Waals surface area contributed by atoms with Crippen molar-refractivity contribution in [3.8, 4) is 0 Å². The third-order valence-corrected chi connectivity index (χ3v) is 7.03. The molecule has 200 valence electrons. The summed E-state index contributed by atoms with van der Waals surface area (Å²) in [5, 5.41) is 0. The molecule has 2 aromatic carbocycles. The Morgan fingerprint density at radius 3 is 1.81 bits per heavy atom. The Morgan fingerprint density at radius 1 is 0.838 bits per heavy atom. The van der Waals surface area contributed by atoms with Gasteiger partial charge in [-0.15, -0.1) is 0 Å². The average molecular weight is 506 g/mol. The molecule has 1 atom stereocenters. The smallest absolute Gasteiger partial charge is 0.457 e. The molecule has 1 aliphatic rings. The van der Waals surface area contributed by atoms with Crippen LogP contribution in [0.2, 0.25) is 6.32 Å². The van der Waals surface area contributed by atoms with Gasteiger partial charge in [0.25, 0.3) is 0 Å². The number of rotatable bonds is 11. The van der Waals surface area contributed by atoms with Crippen molar-refractivity contribution >= 4 is 18.8 Å². The summed E-state index contributed by atoms with van der Waals surface area (Å²) in [5.41, 5.74) is 1.66. The third kappa shape index (κ3) is 8.54. The molecule has 37 heavy (non-hydrogen) atoms. The van der Waals surface area contributed by atoms with E-state index >= 15 is 0 Å². The summed E-state index contributed by atoms with van der Waals surface area (Å²) in [5.74, 6) is -0.269. The van der Waals surface area contributed by atoms with E-state index < -0.39 is 11.6 Å². The highest BCUT2D eigenvalue weighted by atomic mass is 16.7. The lowest BCUT2D eigenvalue weighted by Crippen LogP contribution is -2.41. The summed E-state index contributed by atoms with van der Waals surface area (Å²) >= 11 is 0. The van der Waals surface area contributed by atoms with Crippen LogP contribution >= 0.6 is 0 Å². The van der Waals surface area contributed by atoms with Crippen molar-refractivity contribution < 1.29 is 18.8 Å². The molecule has 1 fully saturated rings. The minimum Gasteiger partial charge on any atom is -0.458 e. The van der Waals surface area contributed by atoms with Crippen LogP contribution in [0, 0.1) is 0 Å². The van der Waals surface area contributed by atoms with Crippen LogP contribution < -0.4 is 0 Å². The highest BCUT2D eigenvalue weighted by Gasteiger charge is 2.50. The molecule has 0 aliphatic carbocycles. The average Bonchev–Trinajstić information content (AvgIpc) is 3.03. The maximum absolute atomic E-state index is 13.2. The van der Waals surface area contributed by atoms with Gasteiger partial charge in [-0.3, -0.25) is 4.99 Å². The van der Waals surface area contributed by atoms with E-state index in [4.69, 9.17) is 19.0 Å². The second-order valence-electron chi connectivity index (χ2n) is 11.9. The van der Waals surface area contributed by atoms with Gasteiger partial charge in [-0.05, 0) is 61.2 Å². The normalized spacial score (nSPS) is 17.3. The fourth-order valence-corrected chi connectivity index (χ4v) is 4.35. The fraction of sp³-hybridized carbons (Fsp3) is 0.548. The van der Waals surface area contributed by atoms with Crippen molar-refractivity contribution in [3.63, 3.8) is 0 Å². The van der Waals surface area contributed by atoms with Gasteiger partial charge in [0.05, 0.1) is 16.9 Å². The number of aliphatic imine (C=N–C) groups is 1. The molecule has 6 heteroatoms. The molecule has 0 aromatic heterocycles. The van der Waals surface area contributed by atoms with Crippen molar-refractivity contribution in [1.82, 2.24) is 0 Å². The maximum atomic E-state index is 13.2. The second-order valence-corrected chi connectivity index (χ2v) is 11.9. The van der Waals surface area contributed by atoms with Crippen molar-refractivity contribution in [2.45, 2.75) is 110 Å². The molecule has 2 aromatic rings. The van der Waals surface area contributed by atoms with Gasteiger partial charge in [-0.25, -0.2) is 4.79 Å². The first-order valence-corrected chi connectivity index (χ1v) is 13.7. The van der Waals surface area contributed by atoms with Gasteiger partial charge in [-0.1, -0.05) is 86.3 Å². The third-order valence-electron chi connectivity index (χ3n) is 7.03. The summed E-state index contributed by atoms with van der Waals surface area (Å²) in [6.07, 6.45) is 5.52. The number of ether oxygens (including phenoxy) is 1. The highest BCUT2D eigenvalue weighted by Crippen LogP contribution is 2.38. The van der Waals surface area contributed by atoms with E-state index in [-0.39, 0.29) is 24.3 Å². The molecular formula is C31H44BNO4. The summed E-state index contributed by atoms with van der Waals surface area (Å²) in [7, 11) is -0.150. The van der Waals surface area contributed by atoms with Gasteiger partial charge < -0.3 is 14.0 Å². The largest absolute Gasteiger partial charge is 0.458 e. The lowest BCUT2D eigenvalue weighted by Gasteiger charge is -2.32. The molecule has 1 unspecified atom stereocenters. The first-order valence-electron chi connectivity index (χ1n) is 13.7. The number of carbonyl (C=O) groups excluding carboxylic acids is 1. The minimum absolute atomic E-state index is 0.150. The molecule has 1 aliphatic heterocycles. The molecule has 0 spiro atoms. The van der Waals surface area contributed by atoms with E-state index in [1.54, 1.807) is 0 Å². The molecule has 0 saturated carbocycles. The predicted molar refractivity (Wildman–Crippen MR) is 152 cm³/mol. The number of unbranched alkanes of at least 4 members (excludes halogenated alkanes) is 3. The second kappa shape index (κ2) is 12.4. The number of nitrogens with zero attached hydrogens (tertiary/aromatic N) is 1. The molecule has 0 radical (unpaired) electrons. The Kier molecular flexibility index (Phi) is 9.77. The zero-order valence-corrected chi connectivity index (χ0v) is 23.8. The van der Waals surface area contributed by atoms with Crippen LogP contribution in [0.4, 0.5) is 0 Å². The summed E-state index contributed by atoms with van der Waals surface area (Å²) in [6.45, 7) is 14.0. The van der Waals surface area contributed by atoms with Gasteiger partial charge in [0, 0.05) is 11.1 Å². The van der Waals surface area contributed by atoms with Crippen molar-refractivity contribution in [3.05, 3.63) is 71.8 Å². The van der Waals surface area contributed by atoms with Crippen molar-refractivity contribution in [2.24, 2.45) is 4.99 Å².